The number of hydrogen-bond donors (Lipinski definition) is 1. The van der Waals surface area contributed by atoms with Crippen molar-refractivity contribution in [2.24, 2.45) is 0 Å². The van der Waals surface area contributed by atoms with Gasteiger partial charge in [-0.15, -0.1) is 4.90 Å². The molecule has 0 fully saturated rings. The quantitative estimate of drug-likeness (QED) is 0.763. The van der Waals surface area contributed by atoms with Gasteiger partial charge in [-0.05, 0) is 41.5 Å². The molecule has 2 heterocycles. The van der Waals surface area contributed by atoms with E-state index in [0.29, 0.717) is 10.4 Å². The van der Waals surface area contributed by atoms with Crippen LogP contribution in [0.3, 0.4) is 0 Å². The van der Waals surface area contributed by atoms with Crippen LogP contribution in [0.25, 0.3) is 11.2 Å². The summed E-state index contributed by atoms with van der Waals surface area (Å²) in [5.74, 6) is -0.273. The third-order valence-electron chi connectivity index (χ3n) is 2.58. The van der Waals surface area contributed by atoms with E-state index in [0.717, 1.165) is 0 Å². The molecule has 25 heavy (non-hydrogen) atoms. The summed E-state index contributed by atoms with van der Waals surface area (Å²) in [6, 6.07) is 0. The Balaban J connectivity index is 2.48. The lowest BCUT2D eigenvalue weighted by molar-refractivity contribution is 0.0427. The second-order valence-corrected chi connectivity index (χ2v) is 7.57. The number of nitrogens with one attached hydrogen (secondary N) is 1. The zero-order valence-electron chi connectivity index (χ0n) is 14.9. The van der Waals surface area contributed by atoms with Crippen LogP contribution in [0.5, 0.6) is 0 Å². The lowest BCUT2D eigenvalue weighted by Gasteiger charge is -2.27. The number of ether oxygens (including phenoxy) is 2. The number of halogens is 1. The summed E-state index contributed by atoms with van der Waals surface area (Å²) in [5.41, 5.74) is -1.08. The van der Waals surface area contributed by atoms with Gasteiger partial charge in [0.15, 0.2) is 10.8 Å². The molecule has 0 radical (unpaired) electrons. The van der Waals surface area contributed by atoms with Crippen molar-refractivity contribution in [3.8, 4) is 0 Å². The molecule has 0 saturated carbocycles. The van der Waals surface area contributed by atoms with Gasteiger partial charge in [0.05, 0.1) is 6.33 Å². The van der Waals surface area contributed by atoms with E-state index in [2.05, 4.69) is 19.9 Å². The van der Waals surface area contributed by atoms with Gasteiger partial charge >= 0.3 is 12.2 Å². The number of fused-ring (bicyclic) bond motifs is 1. The van der Waals surface area contributed by atoms with Gasteiger partial charge in [-0.25, -0.2) is 14.6 Å². The highest BCUT2D eigenvalue weighted by molar-refractivity contribution is 6.33. The van der Waals surface area contributed by atoms with Gasteiger partial charge in [-0.1, -0.05) is 11.6 Å². The Morgan fingerprint density at radius 1 is 1.04 bits per heavy atom. The summed E-state index contributed by atoms with van der Waals surface area (Å²) in [6.45, 7) is 10.0. The normalized spacial score (nSPS) is 12.1. The average Bonchev–Trinajstić information content (AvgIpc) is 2.82. The molecule has 2 aromatic rings. The van der Waals surface area contributed by atoms with Crippen LogP contribution in [-0.4, -0.2) is 43.3 Å². The van der Waals surface area contributed by atoms with Crippen LogP contribution in [0, 0.1) is 0 Å². The Morgan fingerprint density at radius 3 is 2.04 bits per heavy atom. The third-order valence-corrected chi connectivity index (χ3v) is 2.84. The van der Waals surface area contributed by atoms with Crippen molar-refractivity contribution in [2.45, 2.75) is 52.7 Å². The van der Waals surface area contributed by atoms with Crippen molar-refractivity contribution < 1.29 is 19.1 Å². The minimum Gasteiger partial charge on any atom is -0.443 e. The maximum atomic E-state index is 12.5. The number of amides is 2. The van der Waals surface area contributed by atoms with Crippen molar-refractivity contribution >= 4 is 40.9 Å². The van der Waals surface area contributed by atoms with E-state index >= 15 is 0 Å². The van der Waals surface area contributed by atoms with Gasteiger partial charge in [0.1, 0.15) is 16.7 Å². The molecule has 9 nitrogen and oxygen atoms in total. The minimum absolute atomic E-state index is 0.0154. The number of imide groups is 1. The molecule has 0 saturated heterocycles. The van der Waals surface area contributed by atoms with Crippen LogP contribution < -0.4 is 4.90 Å². The van der Waals surface area contributed by atoms with Crippen LogP contribution >= 0.6 is 11.6 Å². The van der Waals surface area contributed by atoms with Crippen LogP contribution in [0.2, 0.25) is 5.15 Å². The zero-order valence-corrected chi connectivity index (χ0v) is 15.6. The largest absolute Gasteiger partial charge is 0.443 e. The second-order valence-electron chi connectivity index (χ2n) is 7.21. The highest BCUT2D eigenvalue weighted by Crippen LogP contribution is 2.23. The summed E-state index contributed by atoms with van der Waals surface area (Å²) in [4.78, 5) is 40.4. The second kappa shape index (κ2) is 6.47. The van der Waals surface area contributed by atoms with Crippen LogP contribution in [0.4, 0.5) is 15.5 Å². The van der Waals surface area contributed by atoms with E-state index in [9.17, 15) is 9.59 Å². The van der Waals surface area contributed by atoms with Crippen molar-refractivity contribution in [3.05, 3.63) is 11.5 Å². The van der Waals surface area contributed by atoms with Crippen LogP contribution in [0.15, 0.2) is 6.33 Å². The number of rotatable bonds is 1. The molecule has 0 spiro atoms. The maximum Gasteiger partial charge on any atom is 0.427 e. The molecule has 2 amide bonds. The van der Waals surface area contributed by atoms with Gasteiger partial charge in [0.25, 0.3) is 0 Å². The molecule has 0 atom stereocenters. The standard InChI is InChI=1S/C15H20ClN5O4/c1-14(2,3)24-12(22)21(13(23)25-15(4,5)6)11-19-9(16)8-10(20-11)18-7-17-8/h7H,1-6H3,(H,17,18,19,20). The molecule has 2 rings (SSSR count). The molecule has 0 aliphatic carbocycles. The Labute approximate surface area is 149 Å². The summed E-state index contributed by atoms with van der Waals surface area (Å²) < 4.78 is 10.5. The first-order valence-corrected chi connectivity index (χ1v) is 7.88. The Kier molecular flexibility index (Phi) is 4.90. The summed E-state index contributed by atoms with van der Waals surface area (Å²) in [7, 11) is 0. The fourth-order valence-electron chi connectivity index (χ4n) is 1.74. The predicted octanol–water partition coefficient (Wildman–Crippen LogP) is 3.68. The predicted molar refractivity (Wildman–Crippen MR) is 91.6 cm³/mol. The lowest BCUT2D eigenvalue weighted by Crippen LogP contribution is -2.44. The van der Waals surface area contributed by atoms with Crippen LogP contribution in [-0.2, 0) is 9.47 Å². The first-order valence-electron chi connectivity index (χ1n) is 7.50. The molecule has 0 aliphatic rings. The third kappa shape index (κ3) is 4.79. The summed E-state index contributed by atoms with van der Waals surface area (Å²) in [5, 5.41) is -0.0154. The Bertz CT molecular complexity index is 778. The number of carbonyl (C=O) groups excluding carboxylic acids is 2. The smallest absolute Gasteiger partial charge is 0.427 e. The topological polar surface area (TPSA) is 110 Å². The molecular weight excluding hydrogens is 350 g/mol. The molecule has 0 bridgehead atoms. The fourth-order valence-corrected chi connectivity index (χ4v) is 1.96. The molecule has 2 aromatic heterocycles. The zero-order chi connectivity index (χ0) is 19.0. The number of nitrogens with zero attached hydrogens (tertiary/aromatic N) is 4. The molecule has 0 unspecified atom stereocenters. The number of aromatic nitrogens is 4. The van der Waals surface area contributed by atoms with Gasteiger partial charge in [-0.2, -0.15) is 9.97 Å². The first-order chi connectivity index (χ1) is 11.4. The number of anilines is 1. The van der Waals surface area contributed by atoms with Gasteiger partial charge < -0.3 is 14.5 Å². The van der Waals surface area contributed by atoms with E-state index in [1.54, 1.807) is 41.5 Å². The van der Waals surface area contributed by atoms with Crippen molar-refractivity contribution in [1.29, 1.82) is 0 Å². The SMILES string of the molecule is CC(C)(C)OC(=O)N(C(=O)OC(C)(C)C)c1nc(Cl)c2nc[nH]c2n1. The highest BCUT2D eigenvalue weighted by atomic mass is 35.5. The van der Waals surface area contributed by atoms with Crippen molar-refractivity contribution in [1.82, 2.24) is 19.9 Å². The van der Waals surface area contributed by atoms with Crippen molar-refractivity contribution in [3.63, 3.8) is 0 Å². The van der Waals surface area contributed by atoms with E-state index in [-0.39, 0.29) is 16.7 Å². The van der Waals surface area contributed by atoms with Crippen LogP contribution in [0.1, 0.15) is 41.5 Å². The van der Waals surface area contributed by atoms with Gasteiger partial charge in [0.2, 0.25) is 5.95 Å². The Hall–Kier alpha value is -2.42. The summed E-state index contributed by atoms with van der Waals surface area (Å²) in [6.07, 6.45) is -0.575. The first kappa shape index (κ1) is 18.9. The highest BCUT2D eigenvalue weighted by Gasteiger charge is 2.35. The average molecular weight is 370 g/mol. The van der Waals surface area contributed by atoms with E-state index in [1.807, 2.05) is 0 Å². The fraction of sp³-hybridized carbons (Fsp3) is 0.533. The van der Waals surface area contributed by atoms with E-state index < -0.39 is 23.4 Å². The van der Waals surface area contributed by atoms with E-state index in [4.69, 9.17) is 21.1 Å². The molecule has 136 valence electrons. The minimum atomic E-state index is -0.975. The molecule has 1 N–H and O–H groups in total. The monoisotopic (exact) mass is 369 g/mol. The number of imidazole rings is 1. The Morgan fingerprint density at radius 2 is 1.56 bits per heavy atom. The number of H-pyrrole nitrogens is 1. The molecular formula is C15H20ClN5O4. The van der Waals surface area contributed by atoms with E-state index in [1.165, 1.54) is 6.33 Å². The molecule has 0 aliphatic heterocycles. The number of aromatic amines is 1. The maximum absolute atomic E-state index is 12.5. The number of carbonyl (C=O) groups is 2. The van der Waals surface area contributed by atoms with Crippen molar-refractivity contribution in [2.75, 3.05) is 4.90 Å². The summed E-state index contributed by atoms with van der Waals surface area (Å²) >= 11 is 6.06. The van der Waals surface area contributed by atoms with Gasteiger partial charge in [-0.3, -0.25) is 0 Å². The molecule has 10 heteroatoms. The number of hydrogen-bond acceptors (Lipinski definition) is 7. The lowest BCUT2D eigenvalue weighted by atomic mass is 10.2. The van der Waals surface area contributed by atoms with Gasteiger partial charge in [0, 0.05) is 0 Å². The molecule has 0 aromatic carbocycles.